The summed E-state index contributed by atoms with van der Waals surface area (Å²) in [6.07, 6.45) is 19.7. The molecule has 0 saturated carbocycles. The lowest BCUT2D eigenvalue weighted by atomic mass is 9.99. The number of carbonyl (C=O) groups excluding carboxylic acids is 1. The van der Waals surface area contributed by atoms with Crippen LogP contribution in [-0.2, 0) is 14.3 Å². The number of ether oxygens (including phenoxy) is 2. The molecule has 268 valence electrons. The topological polar surface area (TPSA) is 169 Å². The predicted octanol–water partition coefficient (Wildman–Crippen LogP) is 4.35. The molecule has 1 aliphatic heterocycles. The van der Waals surface area contributed by atoms with Crippen LogP contribution < -0.4 is 5.32 Å². The van der Waals surface area contributed by atoms with Crippen LogP contribution in [0.2, 0.25) is 0 Å². The molecular formula is C36H65NO9. The molecule has 1 rings (SSSR count). The monoisotopic (exact) mass is 655 g/mol. The van der Waals surface area contributed by atoms with Gasteiger partial charge in [-0.05, 0) is 44.9 Å². The van der Waals surface area contributed by atoms with Gasteiger partial charge in [-0.15, -0.1) is 0 Å². The van der Waals surface area contributed by atoms with Crippen molar-refractivity contribution in [2.75, 3.05) is 13.2 Å². The maximum atomic E-state index is 12.8. The number of unbranched alkanes of at least 4 members (excludes halogenated alkanes) is 12. The first-order chi connectivity index (χ1) is 22.3. The van der Waals surface area contributed by atoms with Gasteiger partial charge in [-0.25, -0.2) is 0 Å². The fourth-order valence-corrected chi connectivity index (χ4v) is 5.25. The maximum absolute atomic E-state index is 12.8. The second kappa shape index (κ2) is 27.3. The third-order valence-electron chi connectivity index (χ3n) is 8.30. The largest absolute Gasteiger partial charge is 0.394 e. The first kappa shape index (κ1) is 42.4. The molecule has 1 heterocycles. The number of hydrogen-bond acceptors (Lipinski definition) is 9. The molecule has 0 aliphatic carbocycles. The lowest BCUT2D eigenvalue weighted by molar-refractivity contribution is -0.302. The summed E-state index contributed by atoms with van der Waals surface area (Å²) in [5, 5.41) is 64.0. The van der Waals surface area contributed by atoms with Crippen molar-refractivity contribution in [2.24, 2.45) is 0 Å². The lowest BCUT2D eigenvalue weighted by Crippen LogP contribution is -2.60. The van der Waals surface area contributed by atoms with Gasteiger partial charge in [-0.1, -0.05) is 115 Å². The highest BCUT2D eigenvalue weighted by molar-refractivity contribution is 5.80. The molecule has 10 heteroatoms. The summed E-state index contributed by atoms with van der Waals surface area (Å²) in [4.78, 5) is 12.8. The molecular weight excluding hydrogens is 590 g/mol. The molecule has 8 unspecified atom stereocenters. The third kappa shape index (κ3) is 18.6. The van der Waals surface area contributed by atoms with E-state index in [-0.39, 0.29) is 6.61 Å². The van der Waals surface area contributed by atoms with E-state index in [9.17, 15) is 35.4 Å². The van der Waals surface area contributed by atoms with Gasteiger partial charge in [-0.2, -0.15) is 0 Å². The molecule has 10 nitrogen and oxygen atoms in total. The third-order valence-corrected chi connectivity index (χ3v) is 8.30. The van der Waals surface area contributed by atoms with Gasteiger partial charge in [0.2, 0.25) is 5.91 Å². The van der Waals surface area contributed by atoms with Crippen LogP contribution in [0.15, 0.2) is 36.5 Å². The van der Waals surface area contributed by atoms with E-state index in [1.54, 1.807) is 6.08 Å². The zero-order valence-electron chi connectivity index (χ0n) is 28.4. The number of amides is 1. The van der Waals surface area contributed by atoms with Crippen molar-refractivity contribution in [1.29, 1.82) is 0 Å². The van der Waals surface area contributed by atoms with Gasteiger partial charge in [0.1, 0.15) is 30.5 Å². The lowest BCUT2D eigenvalue weighted by Gasteiger charge is -2.40. The fraction of sp³-hybridized carbons (Fsp3) is 0.806. The summed E-state index contributed by atoms with van der Waals surface area (Å²) in [5.41, 5.74) is 0. The van der Waals surface area contributed by atoms with Crippen LogP contribution in [0.5, 0.6) is 0 Å². The molecule has 1 amide bonds. The summed E-state index contributed by atoms with van der Waals surface area (Å²) < 4.78 is 11.0. The van der Waals surface area contributed by atoms with Crippen molar-refractivity contribution in [3.05, 3.63) is 36.5 Å². The van der Waals surface area contributed by atoms with Gasteiger partial charge >= 0.3 is 0 Å². The smallest absolute Gasteiger partial charge is 0.249 e. The highest BCUT2D eigenvalue weighted by Crippen LogP contribution is 2.22. The van der Waals surface area contributed by atoms with Crippen molar-refractivity contribution >= 4 is 5.91 Å². The Bertz CT molecular complexity index is 834. The molecule has 0 aromatic carbocycles. The Morgan fingerprint density at radius 2 is 1.28 bits per heavy atom. The molecule has 7 N–H and O–H groups in total. The van der Waals surface area contributed by atoms with Crippen LogP contribution in [0.25, 0.3) is 0 Å². The minimum absolute atomic E-state index is 0.300. The van der Waals surface area contributed by atoms with Gasteiger partial charge in [0.25, 0.3) is 0 Å². The highest BCUT2D eigenvalue weighted by Gasteiger charge is 2.44. The second-order valence-corrected chi connectivity index (χ2v) is 12.4. The predicted molar refractivity (Wildman–Crippen MR) is 181 cm³/mol. The molecule has 0 aromatic heterocycles. The van der Waals surface area contributed by atoms with Gasteiger partial charge in [0.15, 0.2) is 6.29 Å². The van der Waals surface area contributed by atoms with Crippen LogP contribution in [0.1, 0.15) is 123 Å². The molecule has 1 fully saturated rings. The average Bonchev–Trinajstić information content (AvgIpc) is 3.05. The van der Waals surface area contributed by atoms with Crippen LogP contribution >= 0.6 is 0 Å². The van der Waals surface area contributed by atoms with E-state index in [1.165, 1.54) is 44.9 Å². The Hall–Kier alpha value is -1.63. The van der Waals surface area contributed by atoms with E-state index in [2.05, 4.69) is 43.5 Å². The molecule has 0 radical (unpaired) electrons. The summed E-state index contributed by atoms with van der Waals surface area (Å²) in [6.45, 7) is 3.46. The minimum Gasteiger partial charge on any atom is -0.394 e. The molecule has 8 atom stereocenters. The summed E-state index contributed by atoms with van der Waals surface area (Å²) >= 11 is 0. The van der Waals surface area contributed by atoms with E-state index in [0.717, 1.165) is 44.9 Å². The molecule has 0 spiro atoms. The van der Waals surface area contributed by atoms with Crippen molar-refractivity contribution in [2.45, 2.75) is 172 Å². The number of aliphatic hydroxyl groups is 6. The van der Waals surface area contributed by atoms with Crippen molar-refractivity contribution in [1.82, 2.24) is 5.32 Å². The van der Waals surface area contributed by atoms with E-state index < -0.39 is 61.5 Å². The average molecular weight is 656 g/mol. The van der Waals surface area contributed by atoms with Crippen molar-refractivity contribution < 1.29 is 44.9 Å². The summed E-state index contributed by atoms with van der Waals surface area (Å²) in [6, 6.07) is -0.996. The Balaban J connectivity index is 2.63. The first-order valence-corrected chi connectivity index (χ1v) is 17.8. The minimum atomic E-state index is -1.61. The molecule has 46 heavy (non-hydrogen) atoms. The van der Waals surface area contributed by atoms with Crippen LogP contribution in [-0.4, -0.2) is 98.7 Å². The molecule has 0 bridgehead atoms. The van der Waals surface area contributed by atoms with Crippen LogP contribution in [0.3, 0.4) is 0 Å². The van der Waals surface area contributed by atoms with Gasteiger partial charge in [0.05, 0.1) is 25.4 Å². The number of nitrogens with one attached hydrogen (secondary N) is 1. The SMILES string of the molecule is CCCCC/C=C/CC/C=C/CC/C=C/C(O)C(COC1OC(CO)C(O)C(O)C1O)NC(=O)C(O)CCCCCCCCCC. The normalized spacial score (nSPS) is 24.2. The Labute approximate surface area is 277 Å². The molecule has 0 aromatic rings. The van der Waals surface area contributed by atoms with Crippen molar-refractivity contribution in [3.63, 3.8) is 0 Å². The van der Waals surface area contributed by atoms with Crippen LogP contribution in [0, 0.1) is 0 Å². The Morgan fingerprint density at radius 3 is 1.89 bits per heavy atom. The van der Waals surface area contributed by atoms with E-state index >= 15 is 0 Å². The Morgan fingerprint density at radius 1 is 0.739 bits per heavy atom. The molecule has 1 aliphatic rings. The zero-order valence-corrected chi connectivity index (χ0v) is 28.4. The molecule has 1 saturated heterocycles. The fourth-order valence-electron chi connectivity index (χ4n) is 5.25. The quantitative estimate of drug-likeness (QED) is 0.0503. The second-order valence-electron chi connectivity index (χ2n) is 12.4. The van der Waals surface area contributed by atoms with Gasteiger partial charge in [-0.3, -0.25) is 4.79 Å². The number of carbonyl (C=O) groups is 1. The van der Waals surface area contributed by atoms with Gasteiger partial charge < -0.3 is 45.4 Å². The van der Waals surface area contributed by atoms with E-state index in [0.29, 0.717) is 19.3 Å². The Kier molecular flexibility index (Phi) is 25.2. The summed E-state index contributed by atoms with van der Waals surface area (Å²) in [5.74, 6) is -0.639. The number of aliphatic hydroxyl groups excluding tert-OH is 6. The number of hydrogen-bond donors (Lipinski definition) is 7. The van der Waals surface area contributed by atoms with E-state index in [4.69, 9.17) is 9.47 Å². The first-order valence-electron chi connectivity index (χ1n) is 17.8. The zero-order chi connectivity index (χ0) is 34.0. The maximum Gasteiger partial charge on any atom is 0.249 e. The van der Waals surface area contributed by atoms with Crippen molar-refractivity contribution in [3.8, 4) is 0 Å². The number of rotatable bonds is 27. The standard InChI is InChI=1S/C36H65NO9/c1-3-5-7-9-11-13-14-15-16-17-19-20-22-24-29(39)28(27-45-36-34(43)33(42)32(41)31(26-38)46-36)37-35(44)30(40)25-23-21-18-12-10-8-6-4-2/h11,13,16-17,22,24,28-34,36,38-43H,3-10,12,14-15,18-21,23,25-27H2,1-2H3,(H,37,44)/b13-11+,17-16+,24-22+. The number of allylic oxidation sites excluding steroid dienone is 5. The highest BCUT2D eigenvalue weighted by atomic mass is 16.7. The van der Waals surface area contributed by atoms with E-state index in [1.807, 2.05) is 6.08 Å². The summed E-state index contributed by atoms with van der Waals surface area (Å²) in [7, 11) is 0. The van der Waals surface area contributed by atoms with Crippen LogP contribution in [0.4, 0.5) is 0 Å². The van der Waals surface area contributed by atoms with Gasteiger partial charge in [0, 0.05) is 0 Å².